The average molecular weight is 358 g/mol. The van der Waals surface area contributed by atoms with Gasteiger partial charge in [0.05, 0.1) is 17.7 Å². The minimum absolute atomic E-state index is 0.774. The summed E-state index contributed by atoms with van der Waals surface area (Å²) < 4.78 is 4.31. The van der Waals surface area contributed by atoms with Gasteiger partial charge in [0, 0.05) is 50.0 Å². The number of anilines is 1. The molecule has 3 aromatic heterocycles. The Labute approximate surface area is 158 Å². The fourth-order valence-corrected chi connectivity index (χ4v) is 3.16. The summed E-state index contributed by atoms with van der Waals surface area (Å²) >= 11 is 0. The third kappa shape index (κ3) is 3.60. The van der Waals surface area contributed by atoms with Crippen molar-refractivity contribution >= 4 is 5.69 Å². The molecule has 0 saturated heterocycles. The molecule has 0 aliphatic rings. The molecule has 0 fully saturated rings. The van der Waals surface area contributed by atoms with Crippen LogP contribution in [0.3, 0.4) is 0 Å². The van der Waals surface area contributed by atoms with Gasteiger partial charge in [-0.05, 0) is 19.1 Å². The molecule has 1 aromatic carbocycles. The van der Waals surface area contributed by atoms with Crippen molar-refractivity contribution in [1.29, 1.82) is 0 Å². The van der Waals surface area contributed by atoms with E-state index in [2.05, 4.69) is 43.5 Å². The van der Waals surface area contributed by atoms with Crippen molar-refractivity contribution in [3.63, 3.8) is 0 Å². The molecule has 6 nitrogen and oxygen atoms in total. The van der Waals surface area contributed by atoms with Gasteiger partial charge in [-0.15, -0.1) is 0 Å². The van der Waals surface area contributed by atoms with E-state index in [-0.39, 0.29) is 0 Å². The van der Waals surface area contributed by atoms with Gasteiger partial charge in [0.1, 0.15) is 5.69 Å². The second-order valence-corrected chi connectivity index (χ2v) is 6.21. The molecule has 4 rings (SSSR count). The van der Waals surface area contributed by atoms with E-state index in [0.29, 0.717) is 0 Å². The predicted molar refractivity (Wildman–Crippen MR) is 107 cm³/mol. The van der Waals surface area contributed by atoms with Crippen LogP contribution in [0.25, 0.3) is 22.8 Å². The predicted octanol–water partition coefficient (Wildman–Crippen LogP) is 3.94. The van der Waals surface area contributed by atoms with Gasteiger partial charge in [0.25, 0.3) is 0 Å². The van der Waals surface area contributed by atoms with Gasteiger partial charge in [-0.2, -0.15) is 0 Å². The number of rotatable bonds is 7. The lowest BCUT2D eigenvalue weighted by Crippen LogP contribution is -2.12. The number of nitrogens with zero attached hydrogens (tertiary/aromatic N) is 5. The average Bonchev–Trinajstić information content (AvgIpc) is 3.35. The first-order chi connectivity index (χ1) is 13.4. The maximum absolute atomic E-state index is 4.71. The molecule has 0 saturated carbocycles. The largest absolute Gasteiger partial charge is 0.382 e. The number of imidazole rings is 2. The zero-order valence-electron chi connectivity index (χ0n) is 15.3. The summed E-state index contributed by atoms with van der Waals surface area (Å²) in [5, 5.41) is 3.40. The van der Waals surface area contributed by atoms with Crippen LogP contribution in [0, 0.1) is 0 Å². The first-order valence-corrected chi connectivity index (χ1v) is 9.12. The van der Waals surface area contributed by atoms with Gasteiger partial charge in [-0.25, -0.2) is 9.97 Å². The molecule has 0 unspecified atom stereocenters. The number of pyridine rings is 1. The highest BCUT2D eigenvalue weighted by Crippen LogP contribution is 2.30. The lowest BCUT2D eigenvalue weighted by atomic mass is 10.1. The van der Waals surface area contributed by atoms with Crippen molar-refractivity contribution in [1.82, 2.24) is 24.1 Å². The normalized spacial score (nSPS) is 10.9. The molecule has 6 heteroatoms. The maximum atomic E-state index is 4.71. The summed E-state index contributed by atoms with van der Waals surface area (Å²) in [5.41, 5.74) is 4.11. The second-order valence-electron chi connectivity index (χ2n) is 6.21. The van der Waals surface area contributed by atoms with Gasteiger partial charge in [-0.3, -0.25) is 4.98 Å². The van der Waals surface area contributed by atoms with Crippen molar-refractivity contribution in [2.75, 3.05) is 11.9 Å². The maximum Gasteiger partial charge on any atom is 0.158 e. The van der Waals surface area contributed by atoms with Crippen LogP contribution in [-0.4, -0.2) is 30.6 Å². The van der Waals surface area contributed by atoms with Gasteiger partial charge < -0.3 is 14.5 Å². The summed E-state index contributed by atoms with van der Waals surface area (Å²) in [6, 6.07) is 14.2. The minimum atomic E-state index is 0.774. The van der Waals surface area contributed by atoms with Crippen LogP contribution < -0.4 is 5.32 Å². The molecule has 0 radical (unpaired) electrons. The van der Waals surface area contributed by atoms with Gasteiger partial charge in [0.2, 0.25) is 0 Å². The Morgan fingerprint density at radius 2 is 1.85 bits per heavy atom. The smallest absolute Gasteiger partial charge is 0.158 e. The molecule has 0 aliphatic carbocycles. The molecule has 0 bridgehead atoms. The zero-order chi connectivity index (χ0) is 18.5. The van der Waals surface area contributed by atoms with E-state index in [1.165, 1.54) is 0 Å². The van der Waals surface area contributed by atoms with Crippen LogP contribution in [0.15, 0.2) is 73.6 Å². The molecular formula is C21H22N6. The van der Waals surface area contributed by atoms with Crippen molar-refractivity contribution in [3.8, 4) is 22.8 Å². The molecule has 136 valence electrons. The van der Waals surface area contributed by atoms with Crippen LogP contribution in [-0.2, 0) is 13.1 Å². The Bertz CT molecular complexity index is 988. The Balaban J connectivity index is 1.66. The number of aryl methyl sites for hydroxylation is 1. The highest BCUT2D eigenvalue weighted by atomic mass is 15.1. The molecule has 0 amide bonds. The van der Waals surface area contributed by atoms with Crippen molar-refractivity contribution < 1.29 is 0 Å². The summed E-state index contributed by atoms with van der Waals surface area (Å²) in [6.45, 7) is 4.54. The number of hydrogen-bond donors (Lipinski definition) is 1. The first-order valence-electron chi connectivity index (χ1n) is 9.12. The monoisotopic (exact) mass is 358 g/mol. The first kappa shape index (κ1) is 17.0. The van der Waals surface area contributed by atoms with E-state index in [1.807, 2.05) is 55.2 Å². The topological polar surface area (TPSA) is 60.6 Å². The molecule has 1 N–H and O–H groups in total. The fraction of sp³-hybridized carbons (Fsp3) is 0.190. The molecule has 4 aromatic rings. The van der Waals surface area contributed by atoms with Crippen molar-refractivity contribution in [3.05, 3.63) is 73.6 Å². The summed E-state index contributed by atoms with van der Waals surface area (Å²) in [6.07, 6.45) is 9.36. The van der Waals surface area contributed by atoms with Crippen LogP contribution in [0.2, 0.25) is 0 Å². The van der Waals surface area contributed by atoms with Gasteiger partial charge in [-0.1, -0.05) is 30.3 Å². The molecule has 27 heavy (non-hydrogen) atoms. The zero-order valence-corrected chi connectivity index (χ0v) is 15.3. The van der Waals surface area contributed by atoms with E-state index in [0.717, 1.165) is 48.1 Å². The number of hydrogen-bond acceptors (Lipinski definition) is 4. The minimum Gasteiger partial charge on any atom is -0.382 e. The third-order valence-corrected chi connectivity index (χ3v) is 4.50. The molecule has 0 atom stereocenters. The SMILES string of the molecule is CCn1ccnc1-c1c(-c2ccccc2)ncn1CCNc1cccnc1. The van der Waals surface area contributed by atoms with E-state index >= 15 is 0 Å². The third-order valence-electron chi connectivity index (χ3n) is 4.50. The number of aromatic nitrogens is 5. The highest BCUT2D eigenvalue weighted by molar-refractivity contribution is 5.75. The summed E-state index contributed by atoms with van der Waals surface area (Å²) in [4.78, 5) is 13.5. The fourth-order valence-electron chi connectivity index (χ4n) is 3.16. The number of nitrogens with one attached hydrogen (secondary N) is 1. The molecular weight excluding hydrogens is 336 g/mol. The standard InChI is InChI=1S/C21H22N6/c1-2-26-13-12-24-21(26)20-19(17-7-4-3-5-8-17)25-16-27(20)14-11-23-18-9-6-10-22-15-18/h3-10,12-13,15-16,23H,2,11,14H2,1H3. The lowest BCUT2D eigenvalue weighted by molar-refractivity contribution is 0.712. The van der Waals surface area contributed by atoms with Crippen LogP contribution in [0.4, 0.5) is 5.69 Å². The highest BCUT2D eigenvalue weighted by Gasteiger charge is 2.18. The Hall–Kier alpha value is -3.41. The van der Waals surface area contributed by atoms with E-state index in [4.69, 9.17) is 4.98 Å². The molecule has 3 heterocycles. The van der Waals surface area contributed by atoms with E-state index in [1.54, 1.807) is 6.20 Å². The van der Waals surface area contributed by atoms with Crippen LogP contribution >= 0.6 is 0 Å². The van der Waals surface area contributed by atoms with Gasteiger partial charge in [0.15, 0.2) is 5.82 Å². The van der Waals surface area contributed by atoms with Gasteiger partial charge >= 0.3 is 0 Å². The second kappa shape index (κ2) is 7.86. The Morgan fingerprint density at radius 3 is 2.63 bits per heavy atom. The lowest BCUT2D eigenvalue weighted by Gasteiger charge is -2.12. The number of benzene rings is 1. The summed E-state index contributed by atoms with van der Waals surface area (Å²) in [5.74, 6) is 0.940. The van der Waals surface area contributed by atoms with E-state index < -0.39 is 0 Å². The quantitative estimate of drug-likeness (QED) is 0.544. The van der Waals surface area contributed by atoms with Crippen LogP contribution in [0.1, 0.15) is 6.92 Å². The van der Waals surface area contributed by atoms with Crippen molar-refractivity contribution in [2.45, 2.75) is 20.0 Å². The Morgan fingerprint density at radius 1 is 0.963 bits per heavy atom. The Kier molecular flexibility index (Phi) is 4.96. The summed E-state index contributed by atoms with van der Waals surface area (Å²) in [7, 11) is 0. The molecule has 0 spiro atoms. The van der Waals surface area contributed by atoms with Crippen LogP contribution in [0.5, 0.6) is 0 Å². The molecule has 0 aliphatic heterocycles. The van der Waals surface area contributed by atoms with Crippen molar-refractivity contribution in [2.24, 2.45) is 0 Å². The van der Waals surface area contributed by atoms with E-state index in [9.17, 15) is 0 Å².